The largest absolute Gasteiger partial charge is 0.486 e. The number of nitrogens with one attached hydrogen (secondary N) is 1. The van der Waals surface area contributed by atoms with Gasteiger partial charge < -0.3 is 14.8 Å². The van der Waals surface area contributed by atoms with Gasteiger partial charge in [-0.1, -0.05) is 13.0 Å². The van der Waals surface area contributed by atoms with Gasteiger partial charge in [0.15, 0.2) is 11.5 Å². The van der Waals surface area contributed by atoms with Crippen molar-refractivity contribution in [3.63, 3.8) is 0 Å². The van der Waals surface area contributed by atoms with E-state index in [1.807, 2.05) is 6.92 Å². The molecule has 1 aromatic rings. The first-order valence-corrected chi connectivity index (χ1v) is 6.55. The molecule has 1 unspecified atom stereocenters. The third kappa shape index (κ3) is 2.70. The minimum absolute atomic E-state index is 0.0282. The SMILES string of the molecule is CCC(CCl)NC(=O)c1cccc2c1OCCO2. The average molecular weight is 270 g/mol. The van der Waals surface area contributed by atoms with Crippen LogP contribution in [0.2, 0.25) is 0 Å². The van der Waals surface area contributed by atoms with Crippen molar-refractivity contribution in [3.05, 3.63) is 23.8 Å². The van der Waals surface area contributed by atoms with E-state index < -0.39 is 0 Å². The first kappa shape index (κ1) is 13.0. The summed E-state index contributed by atoms with van der Waals surface area (Å²) < 4.78 is 10.9. The van der Waals surface area contributed by atoms with Gasteiger partial charge in [-0.25, -0.2) is 0 Å². The molecule has 98 valence electrons. The molecule has 0 aliphatic carbocycles. The second kappa shape index (κ2) is 5.96. The van der Waals surface area contributed by atoms with E-state index in [0.717, 1.165) is 6.42 Å². The van der Waals surface area contributed by atoms with Crippen LogP contribution in [0.25, 0.3) is 0 Å². The molecule has 4 nitrogen and oxygen atoms in total. The summed E-state index contributed by atoms with van der Waals surface area (Å²) in [6, 6.07) is 5.28. The molecule has 0 radical (unpaired) electrons. The molecule has 0 bridgehead atoms. The van der Waals surface area contributed by atoms with E-state index >= 15 is 0 Å². The van der Waals surface area contributed by atoms with Crippen LogP contribution in [0.4, 0.5) is 0 Å². The minimum atomic E-state index is -0.176. The molecule has 1 heterocycles. The Balaban J connectivity index is 2.20. The lowest BCUT2D eigenvalue weighted by molar-refractivity contribution is 0.0928. The highest BCUT2D eigenvalue weighted by Gasteiger charge is 2.21. The normalized spacial score (nSPS) is 15.0. The Kier molecular flexibility index (Phi) is 4.31. The van der Waals surface area contributed by atoms with Gasteiger partial charge in [-0.2, -0.15) is 0 Å². The smallest absolute Gasteiger partial charge is 0.255 e. The number of amides is 1. The third-order valence-corrected chi connectivity index (χ3v) is 3.20. The predicted octanol–water partition coefficient (Wildman–Crippen LogP) is 2.21. The number of carbonyl (C=O) groups is 1. The van der Waals surface area contributed by atoms with Gasteiger partial charge in [-0.3, -0.25) is 4.79 Å². The topological polar surface area (TPSA) is 47.6 Å². The fraction of sp³-hybridized carbons (Fsp3) is 0.462. The van der Waals surface area contributed by atoms with Crippen LogP contribution in [-0.2, 0) is 0 Å². The third-order valence-electron chi connectivity index (χ3n) is 2.83. The van der Waals surface area contributed by atoms with Gasteiger partial charge in [0.25, 0.3) is 5.91 Å². The number of hydrogen-bond donors (Lipinski definition) is 1. The molecule has 1 aliphatic rings. The Labute approximate surface area is 111 Å². The van der Waals surface area contributed by atoms with Gasteiger partial charge in [0, 0.05) is 11.9 Å². The summed E-state index contributed by atoms with van der Waals surface area (Å²) in [4.78, 5) is 12.1. The molecule has 1 aliphatic heterocycles. The van der Waals surface area contributed by atoms with Crippen molar-refractivity contribution in [2.75, 3.05) is 19.1 Å². The summed E-state index contributed by atoms with van der Waals surface area (Å²) in [5.41, 5.74) is 0.496. The Morgan fingerprint density at radius 3 is 2.94 bits per heavy atom. The Hall–Kier alpha value is -1.42. The Morgan fingerprint density at radius 1 is 1.44 bits per heavy atom. The number of para-hydroxylation sites is 1. The van der Waals surface area contributed by atoms with Crippen molar-refractivity contribution in [2.24, 2.45) is 0 Å². The fourth-order valence-corrected chi connectivity index (χ4v) is 2.06. The van der Waals surface area contributed by atoms with Crippen molar-refractivity contribution in [1.29, 1.82) is 0 Å². The summed E-state index contributed by atoms with van der Waals surface area (Å²) >= 11 is 5.77. The number of alkyl halides is 1. The van der Waals surface area contributed by atoms with Gasteiger partial charge in [0.05, 0.1) is 5.56 Å². The number of hydrogen-bond acceptors (Lipinski definition) is 3. The number of carbonyl (C=O) groups excluding carboxylic acids is 1. The fourth-order valence-electron chi connectivity index (χ4n) is 1.77. The van der Waals surface area contributed by atoms with Gasteiger partial charge in [0.2, 0.25) is 0 Å². The molecule has 5 heteroatoms. The van der Waals surface area contributed by atoms with E-state index in [4.69, 9.17) is 21.1 Å². The molecule has 0 saturated heterocycles. The molecule has 1 aromatic carbocycles. The van der Waals surface area contributed by atoms with E-state index in [1.165, 1.54) is 0 Å². The second-order valence-electron chi connectivity index (χ2n) is 4.06. The monoisotopic (exact) mass is 269 g/mol. The van der Waals surface area contributed by atoms with E-state index in [-0.39, 0.29) is 11.9 Å². The molecule has 1 N–H and O–H groups in total. The molecule has 2 rings (SSSR count). The highest BCUT2D eigenvalue weighted by Crippen LogP contribution is 2.33. The number of fused-ring (bicyclic) bond motifs is 1. The number of halogens is 1. The summed E-state index contributed by atoms with van der Waals surface area (Å²) in [6.07, 6.45) is 0.793. The molecular weight excluding hydrogens is 254 g/mol. The van der Waals surface area contributed by atoms with Gasteiger partial charge in [-0.05, 0) is 18.6 Å². The minimum Gasteiger partial charge on any atom is -0.486 e. The van der Waals surface area contributed by atoms with Crippen molar-refractivity contribution in [2.45, 2.75) is 19.4 Å². The van der Waals surface area contributed by atoms with E-state index in [1.54, 1.807) is 18.2 Å². The zero-order chi connectivity index (χ0) is 13.0. The maximum atomic E-state index is 12.1. The van der Waals surface area contributed by atoms with E-state index in [2.05, 4.69) is 5.32 Å². The molecular formula is C13H16ClNO3. The maximum Gasteiger partial charge on any atom is 0.255 e. The van der Waals surface area contributed by atoms with Crippen LogP contribution >= 0.6 is 11.6 Å². The van der Waals surface area contributed by atoms with Crippen molar-refractivity contribution in [3.8, 4) is 11.5 Å². The van der Waals surface area contributed by atoms with Crippen molar-refractivity contribution in [1.82, 2.24) is 5.32 Å². The van der Waals surface area contributed by atoms with E-state index in [0.29, 0.717) is 36.2 Å². The lowest BCUT2D eigenvalue weighted by Gasteiger charge is -2.21. The van der Waals surface area contributed by atoms with Crippen LogP contribution in [0.15, 0.2) is 18.2 Å². The molecule has 18 heavy (non-hydrogen) atoms. The predicted molar refractivity (Wildman–Crippen MR) is 69.7 cm³/mol. The number of ether oxygens (including phenoxy) is 2. The van der Waals surface area contributed by atoms with E-state index in [9.17, 15) is 4.79 Å². The van der Waals surface area contributed by atoms with Crippen molar-refractivity contribution < 1.29 is 14.3 Å². The van der Waals surface area contributed by atoms with Crippen LogP contribution < -0.4 is 14.8 Å². The van der Waals surface area contributed by atoms with Gasteiger partial charge >= 0.3 is 0 Å². The lowest BCUT2D eigenvalue weighted by Crippen LogP contribution is -2.36. The molecule has 0 spiro atoms. The van der Waals surface area contributed by atoms with Crippen LogP contribution in [-0.4, -0.2) is 31.0 Å². The highest BCUT2D eigenvalue weighted by molar-refractivity contribution is 6.18. The molecule has 0 saturated carbocycles. The Bertz CT molecular complexity index is 432. The van der Waals surface area contributed by atoms with Crippen LogP contribution in [0.5, 0.6) is 11.5 Å². The quantitative estimate of drug-likeness (QED) is 0.853. The zero-order valence-electron chi connectivity index (χ0n) is 10.2. The zero-order valence-corrected chi connectivity index (χ0v) is 11.0. The first-order chi connectivity index (χ1) is 8.76. The summed E-state index contributed by atoms with van der Waals surface area (Å²) in [7, 11) is 0. The standard InChI is InChI=1S/C13H16ClNO3/c1-2-9(8-14)15-13(16)10-4-3-5-11-12(10)18-7-6-17-11/h3-5,9H,2,6-8H2,1H3,(H,15,16). The summed E-state index contributed by atoms with van der Waals surface area (Å²) in [5, 5.41) is 2.88. The lowest BCUT2D eigenvalue weighted by atomic mass is 10.1. The highest BCUT2D eigenvalue weighted by atomic mass is 35.5. The second-order valence-corrected chi connectivity index (χ2v) is 4.37. The molecule has 1 amide bonds. The Morgan fingerprint density at radius 2 is 2.22 bits per heavy atom. The number of rotatable bonds is 4. The van der Waals surface area contributed by atoms with Gasteiger partial charge in [-0.15, -0.1) is 11.6 Å². The molecule has 0 aromatic heterocycles. The summed E-state index contributed by atoms with van der Waals surface area (Å²) in [5.74, 6) is 1.36. The van der Waals surface area contributed by atoms with Crippen LogP contribution in [0.1, 0.15) is 23.7 Å². The van der Waals surface area contributed by atoms with Crippen LogP contribution in [0.3, 0.4) is 0 Å². The van der Waals surface area contributed by atoms with Gasteiger partial charge in [0.1, 0.15) is 13.2 Å². The molecule has 1 atom stereocenters. The molecule has 0 fully saturated rings. The first-order valence-electron chi connectivity index (χ1n) is 6.01. The summed E-state index contributed by atoms with van der Waals surface area (Å²) in [6.45, 7) is 2.95. The van der Waals surface area contributed by atoms with Crippen molar-refractivity contribution >= 4 is 17.5 Å². The number of benzene rings is 1. The average Bonchev–Trinajstić information content (AvgIpc) is 2.43. The van der Waals surface area contributed by atoms with Crippen LogP contribution in [0, 0.1) is 0 Å². The maximum absolute atomic E-state index is 12.1.